The molecule has 4 nitrogen and oxygen atoms in total. The molecular formula is C15H16N2O2. The fourth-order valence-corrected chi connectivity index (χ4v) is 1.70. The molecule has 1 aromatic carbocycles. The normalized spacial score (nSPS) is 10.2. The Kier molecular flexibility index (Phi) is 4.26. The summed E-state index contributed by atoms with van der Waals surface area (Å²) in [5.74, 6) is 0.377. The molecule has 1 heterocycles. The van der Waals surface area contributed by atoms with Gasteiger partial charge < -0.3 is 10.1 Å². The zero-order valence-corrected chi connectivity index (χ0v) is 11.0. The molecule has 0 aliphatic carbocycles. The van der Waals surface area contributed by atoms with Crippen LogP contribution in [0.5, 0.6) is 0 Å². The molecule has 0 fully saturated rings. The quantitative estimate of drug-likeness (QED) is 0.915. The molecular weight excluding hydrogens is 240 g/mol. The number of anilines is 1. The number of hydrogen-bond acceptors (Lipinski definition) is 3. The first-order valence-electron chi connectivity index (χ1n) is 6.01. The number of aryl methyl sites for hydroxylation is 1. The number of benzene rings is 1. The maximum atomic E-state index is 12.1. The summed E-state index contributed by atoms with van der Waals surface area (Å²) in [5, 5.41) is 2.76. The number of nitrogens with zero attached hydrogens (tertiary/aromatic N) is 1. The lowest BCUT2D eigenvalue weighted by Crippen LogP contribution is -2.13. The van der Waals surface area contributed by atoms with E-state index in [1.54, 1.807) is 25.4 Å². The Labute approximate surface area is 112 Å². The van der Waals surface area contributed by atoms with Crippen molar-refractivity contribution >= 4 is 11.7 Å². The van der Waals surface area contributed by atoms with E-state index in [2.05, 4.69) is 10.3 Å². The van der Waals surface area contributed by atoms with Gasteiger partial charge >= 0.3 is 0 Å². The van der Waals surface area contributed by atoms with Crippen LogP contribution in [0.4, 0.5) is 5.82 Å². The highest BCUT2D eigenvalue weighted by molar-refractivity contribution is 6.03. The van der Waals surface area contributed by atoms with Crippen LogP contribution in [0, 0.1) is 6.92 Å². The van der Waals surface area contributed by atoms with E-state index in [1.165, 1.54) is 0 Å². The maximum Gasteiger partial charge on any atom is 0.256 e. The summed E-state index contributed by atoms with van der Waals surface area (Å²) in [6, 6.07) is 11.0. The van der Waals surface area contributed by atoms with Gasteiger partial charge in [0.05, 0.1) is 6.61 Å². The topological polar surface area (TPSA) is 51.2 Å². The van der Waals surface area contributed by atoms with Crippen molar-refractivity contribution in [2.24, 2.45) is 0 Å². The van der Waals surface area contributed by atoms with Crippen LogP contribution in [-0.4, -0.2) is 18.0 Å². The first kappa shape index (κ1) is 13.2. The second-order valence-electron chi connectivity index (χ2n) is 4.31. The van der Waals surface area contributed by atoms with E-state index in [9.17, 15) is 4.79 Å². The van der Waals surface area contributed by atoms with Crippen LogP contribution in [0.3, 0.4) is 0 Å². The van der Waals surface area contributed by atoms with Crippen molar-refractivity contribution in [1.29, 1.82) is 0 Å². The van der Waals surface area contributed by atoms with Gasteiger partial charge in [-0.25, -0.2) is 4.98 Å². The molecule has 2 rings (SSSR count). The number of carbonyl (C=O) groups is 1. The summed E-state index contributed by atoms with van der Waals surface area (Å²) < 4.78 is 5.05. The lowest BCUT2D eigenvalue weighted by molar-refractivity contribution is 0.102. The van der Waals surface area contributed by atoms with Crippen molar-refractivity contribution < 1.29 is 9.53 Å². The lowest BCUT2D eigenvalue weighted by Gasteiger charge is -2.06. The minimum absolute atomic E-state index is 0.172. The molecule has 2 aromatic rings. The van der Waals surface area contributed by atoms with E-state index in [4.69, 9.17) is 4.74 Å². The minimum Gasteiger partial charge on any atom is -0.380 e. The first-order chi connectivity index (χ1) is 9.19. The third kappa shape index (κ3) is 3.63. The smallest absolute Gasteiger partial charge is 0.256 e. The average molecular weight is 256 g/mol. The second kappa shape index (κ2) is 6.11. The Hall–Kier alpha value is -2.20. The van der Waals surface area contributed by atoms with Gasteiger partial charge in [0, 0.05) is 18.9 Å². The minimum atomic E-state index is -0.172. The van der Waals surface area contributed by atoms with Gasteiger partial charge in [-0.3, -0.25) is 4.79 Å². The Balaban J connectivity index is 2.11. The van der Waals surface area contributed by atoms with Crippen LogP contribution >= 0.6 is 0 Å². The average Bonchev–Trinajstić information content (AvgIpc) is 2.42. The summed E-state index contributed by atoms with van der Waals surface area (Å²) in [5.41, 5.74) is 2.61. The number of hydrogen-bond donors (Lipinski definition) is 1. The highest BCUT2D eigenvalue weighted by atomic mass is 16.5. The number of nitrogens with one attached hydrogen (secondary N) is 1. The van der Waals surface area contributed by atoms with Gasteiger partial charge in [0.25, 0.3) is 5.91 Å². The molecule has 0 saturated heterocycles. The predicted octanol–water partition coefficient (Wildman–Crippen LogP) is 2.79. The van der Waals surface area contributed by atoms with Crippen molar-refractivity contribution in [1.82, 2.24) is 4.98 Å². The standard InChI is InChI=1S/C15H16N2O2/c1-11-6-7-14(16-9-11)17-15(18)13-5-3-4-12(8-13)10-19-2/h3-9H,10H2,1-2H3,(H,16,17,18). The molecule has 1 N–H and O–H groups in total. The molecule has 0 spiro atoms. The van der Waals surface area contributed by atoms with Crippen LogP contribution in [-0.2, 0) is 11.3 Å². The molecule has 0 unspecified atom stereocenters. The zero-order valence-electron chi connectivity index (χ0n) is 11.0. The molecule has 0 atom stereocenters. The molecule has 4 heteroatoms. The van der Waals surface area contributed by atoms with E-state index in [1.807, 2.05) is 31.2 Å². The Morgan fingerprint density at radius 3 is 2.84 bits per heavy atom. The highest BCUT2D eigenvalue weighted by Gasteiger charge is 2.07. The summed E-state index contributed by atoms with van der Waals surface area (Å²) in [4.78, 5) is 16.2. The van der Waals surface area contributed by atoms with Gasteiger partial charge in [-0.05, 0) is 36.2 Å². The largest absolute Gasteiger partial charge is 0.380 e. The number of ether oxygens (including phenoxy) is 1. The van der Waals surface area contributed by atoms with Gasteiger partial charge in [-0.1, -0.05) is 18.2 Å². The number of amides is 1. The highest BCUT2D eigenvalue weighted by Crippen LogP contribution is 2.10. The number of pyridine rings is 1. The van der Waals surface area contributed by atoms with Crippen molar-refractivity contribution in [3.05, 3.63) is 59.3 Å². The predicted molar refractivity (Wildman–Crippen MR) is 74.1 cm³/mol. The third-order valence-corrected chi connectivity index (χ3v) is 2.65. The Bertz CT molecular complexity index is 565. The molecule has 0 bridgehead atoms. The van der Waals surface area contributed by atoms with Crippen LogP contribution < -0.4 is 5.32 Å². The molecule has 1 amide bonds. The van der Waals surface area contributed by atoms with Gasteiger partial charge in [-0.15, -0.1) is 0 Å². The zero-order chi connectivity index (χ0) is 13.7. The molecule has 1 aromatic heterocycles. The van der Waals surface area contributed by atoms with E-state index >= 15 is 0 Å². The van der Waals surface area contributed by atoms with Crippen LogP contribution in [0.25, 0.3) is 0 Å². The van der Waals surface area contributed by atoms with E-state index in [-0.39, 0.29) is 5.91 Å². The monoisotopic (exact) mass is 256 g/mol. The molecule has 0 saturated carbocycles. The van der Waals surface area contributed by atoms with Crippen molar-refractivity contribution in [2.75, 3.05) is 12.4 Å². The van der Waals surface area contributed by atoms with Gasteiger partial charge in [0.2, 0.25) is 0 Å². The Morgan fingerprint density at radius 2 is 2.16 bits per heavy atom. The molecule has 0 radical (unpaired) electrons. The summed E-state index contributed by atoms with van der Waals surface area (Å²) >= 11 is 0. The lowest BCUT2D eigenvalue weighted by atomic mass is 10.1. The second-order valence-corrected chi connectivity index (χ2v) is 4.31. The van der Waals surface area contributed by atoms with Crippen molar-refractivity contribution in [2.45, 2.75) is 13.5 Å². The van der Waals surface area contributed by atoms with E-state index in [0.717, 1.165) is 11.1 Å². The Morgan fingerprint density at radius 1 is 1.32 bits per heavy atom. The summed E-state index contributed by atoms with van der Waals surface area (Å²) in [6.45, 7) is 2.44. The number of rotatable bonds is 4. The summed E-state index contributed by atoms with van der Waals surface area (Å²) in [7, 11) is 1.63. The maximum absolute atomic E-state index is 12.1. The van der Waals surface area contributed by atoms with E-state index in [0.29, 0.717) is 18.0 Å². The van der Waals surface area contributed by atoms with Crippen LogP contribution in [0.2, 0.25) is 0 Å². The van der Waals surface area contributed by atoms with Crippen molar-refractivity contribution in [3.8, 4) is 0 Å². The molecule has 19 heavy (non-hydrogen) atoms. The molecule has 98 valence electrons. The van der Waals surface area contributed by atoms with Gasteiger partial charge in [0.1, 0.15) is 5.82 Å². The SMILES string of the molecule is COCc1cccc(C(=O)Nc2ccc(C)cn2)c1. The molecule has 0 aliphatic heterocycles. The summed E-state index contributed by atoms with van der Waals surface area (Å²) in [6.07, 6.45) is 1.72. The fraction of sp³-hybridized carbons (Fsp3) is 0.200. The van der Waals surface area contributed by atoms with Crippen LogP contribution in [0.1, 0.15) is 21.5 Å². The number of methoxy groups -OCH3 is 1. The van der Waals surface area contributed by atoms with Crippen LogP contribution in [0.15, 0.2) is 42.6 Å². The van der Waals surface area contributed by atoms with Gasteiger partial charge in [-0.2, -0.15) is 0 Å². The number of aromatic nitrogens is 1. The van der Waals surface area contributed by atoms with Gasteiger partial charge in [0.15, 0.2) is 0 Å². The number of carbonyl (C=O) groups excluding carboxylic acids is 1. The van der Waals surface area contributed by atoms with E-state index < -0.39 is 0 Å². The molecule has 0 aliphatic rings. The fourth-order valence-electron chi connectivity index (χ4n) is 1.70. The first-order valence-corrected chi connectivity index (χ1v) is 6.01. The van der Waals surface area contributed by atoms with Crippen molar-refractivity contribution in [3.63, 3.8) is 0 Å². The third-order valence-electron chi connectivity index (χ3n) is 2.65.